The first-order chi connectivity index (χ1) is 25.1. The molecule has 280 valence electrons. The summed E-state index contributed by atoms with van der Waals surface area (Å²) in [7, 11) is -4.54. The van der Waals surface area contributed by atoms with Gasteiger partial charge in [0.1, 0.15) is 47.5 Å². The number of esters is 1. The number of para-hydroxylation sites is 1. The molecule has 1 amide bonds. The van der Waals surface area contributed by atoms with Crippen LogP contribution in [0.2, 0.25) is 0 Å². The molecule has 53 heavy (non-hydrogen) atoms. The van der Waals surface area contributed by atoms with Gasteiger partial charge in [0.05, 0.1) is 12.3 Å². The lowest BCUT2D eigenvalue weighted by Gasteiger charge is -2.29. The highest BCUT2D eigenvalue weighted by Crippen LogP contribution is 2.48. The molecule has 0 unspecified atom stereocenters. The first kappa shape index (κ1) is 38.7. The Morgan fingerprint density at radius 1 is 1.11 bits per heavy atom. The molecule has 1 aliphatic rings. The zero-order valence-electron chi connectivity index (χ0n) is 29.0. The van der Waals surface area contributed by atoms with Gasteiger partial charge in [-0.25, -0.2) is 23.7 Å². The molecule has 0 radical (unpaired) electrons. The van der Waals surface area contributed by atoms with Crippen LogP contribution in [-0.2, 0) is 38.5 Å². The highest BCUT2D eigenvalue weighted by atomic mass is 31.2. The van der Waals surface area contributed by atoms with Crippen molar-refractivity contribution in [1.82, 2.24) is 25.0 Å². The second kappa shape index (κ2) is 15.6. The first-order valence-corrected chi connectivity index (χ1v) is 17.7. The number of alkyl carbamates (subject to hydrolysis) is 1. The van der Waals surface area contributed by atoms with E-state index in [1.807, 2.05) is 6.07 Å². The van der Waals surface area contributed by atoms with Crippen LogP contribution in [0, 0.1) is 11.3 Å². The molecule has 2 aromatic carbocycles. The number of carbonyl (C=O) groups excluding carboxylic acids is 2. The van der Waals surface area contributed by atoms with Crippen molar-refractivity contribution in [2.45, 2.75) is 69.3 Å². The number of benzene rings is 2. The molecule has 0 spiro atoms. The summed E-state index contributed by atoms with van der Waals surface area (Å²) < 4.78 is 43.8. The van der Waals surface area contributed by atoms with E-state index in [1.54, 1.807) is 69.3 Å². The highest BCUT2D eigenvalue weighted by molar-refractivity contribution is 7.52. The average Bonchev–Trinajstić information content (AvgIpc) is 3.66. The third-order valence-corrected chi connectivity index (χ3v) is 9.47. The molecule has 5 rings (SSSR count). The number of carboxylic acid groups (broad SMARTS) is 1. The third-order valence-electron chi connectivity index (χ3n) is 7.83. The molecule has 0 aliphatic carbocycles. The number of anilines is 1. The van der Waals surface area contributed by atoms with Crippen molar-refractivity contribution in [2.75, 3.05) is 12.3 Å². The van der Waals surface area contributed by atoms with E-state index < -0.39 is 74.0 Å². The fraction of sp³-hybridized carbons (Fsp3) is 0.353. The Bertz CT molecular complexity index is 2040. The van der Waals surface area contributed by atoms with Gasteiger partial charge in [-0.2, -0.15) is 15.4 Å². The molecule has 0 saturated carbocycles. The minimum atomic E-state index is -4.54. The monoisotopic (exact) mass is 751 g/mol. The number of hydrogen-bond acceptors (Lipinski definition) is 14. The zero-order chi connectivity index (χ0) is 38.6. The van der Waals surface area contributed by atoms with Gasteiger partial charge in [0.25, 0.3) is 0 Å². The topological polar surface area (TPSA) is 259 Å². The molecule has 2 aromatic heterocycles. The molecule has 1 aliphatic heterocycles. The van der Waals surface area contributed by atoms with Crippen molar-refractivity contribution in [3.05, 3.63) is 90.4 Å². The summed E-state index contributed by atoms with van der Waals surface area (Å²) in [5.74, 6) is -2.38. The fourth-order valence-corrected chi connectivity index (χ4v) is 6.91. The molecule has 1 fully saturated rings. The molecule has 1 saturated heterocycles. The number of nitrogens with two attached hydrogens (primary N) is 1. The van der Waals surface area contributed by atoms with Crippen LogP contribution in [0.25, 0.3) is 5.52 Å². The Kier molecular flexibility index (Phi) is 11.4. The minimum Gasteiger partial charge on any atom is -0.480 e. The van der Waals surface area contributed by atoms with Gasteiger partial charge in [0.2, 0.25) is 5.60 Å². The van der Waals surface area contributed by atoms with Crippen LogP contribution in [0.5, 0.6) is 5.75 Å². The van der Waals surface area contributed by atoms with Crippen molar-refractivity contribution in [3.8, 4) is 11.8 Å². The number of nitriles is 1. The van der Waals surface area contributed by atoms with E-state index in [-0.39, 0.29) is 28.3 Å². The highest BCUT2D eigenvalue weighted by Gasteiger charge is 2.61. The lowest BCUT2D eigenvalue weighted by Crippen LogP contribution is -2.47. The Hall–Kier alpha value is -5.57. The van der Waals surface area contributed by atoms with Crippen LogP contribution < -0.4 is 20.7 Å². The number of ether oxygens (including phenoxy) is 3. The van der Waals surface area contributed by atoms with Gasteiger partial charge in [0, 0.05) is 0 Å². The number of aliphatic carboxylic acids is 1. The molecule has 6 N–H and O–H groups in total. The summed E-state index contributed by atoms with van der Waals surface area (Å²) in [6.07, 6.45) is -5.13. The Labute approximate surface area is 303 Å². The first-order valence-electron chi connectivity index (χ1n) is 16.2. The van der Waals surface area contributed by atoms with Gasteiger partial charge >= 0.3 is 25.8 Å². The molecule has 0 bridgehead atoms. The number of rotatable bonds is 13. The van der Waals surface area contributed by atoms with Crippen LogP contribution >= 0.6 is 7.75 Å². The predicted molar refractivity (Wildman–Crippen MR) is 185 cm³/mol. The van der Waals surface area contributed by atoms with Crippen LogP contribution in [0.15, 0.2) is 79.1 Å². The van der Waals surface area contributed by atoms with Crippen LogP contribution in [0.4, 0.5) is 10.6 Å². The number of nitrogens with zero attached hydrogens (tertiary/aromatic N) is 4. The van der Waals surface area contributed by atoms with E-state index in [9.17, 15) is 34.4 Å². The van der Waals surface area contributed by atoms with Gasteiger partial charge in [-0.05, 0) is 57.5 Å². The molecule has 18 nitrogen and oxygen atoms in total. The number of amides is 1. The Morgan fingerprint density at radius 2 is 1.77 bits per heavy atom. The molecule has 3 heterocycles. The van der Waals surface area contributed by atoms with Gasteiger partial charge in [-0.15, -0.1) is 0 Å². The maximum absolute atomic E-state index is 14.1. The van der Waals surface area contributed by atoms with Crippen molar-refractivity contribution in [2.24, 2.45) is 0 Å². The number of aliphatic hydroxyl groups excluding tert-OH is 1. The van der Waals surface area contributed by atoms with Gasteiger partial charge < -0.3 is 40.0 Å². The normalized spacial score (nSPS) is 22.2. The van der Waals surface area contributed by atoms with Crippen LogP contribution in [-0.4, -0.2) is 79.4 Å². The lowest BCUT2D eigenvalue weighted by molar-refractivity contribution is -0.163. The zero-order valence-corrected chi connectivity index (χ0v) is 29.9. The van der Waals surface area contributed by atoms with E-state index in [4.69, 9.17) is 29.0 Å². The summed E-state index contributed by atoms with van der Waals surface area (Å²) in [4.78, 5) is 42.6. The second-order valence-corrected chi connectivity index (χ2v) is 14.6. The Morgan fingerprint density at radius 3 is 2.40 bits per heavy atom. The fourth-order valence-electron chi connectivity index (χ4n) is 5.40. The lowest BCUT2D eigenvalue weighted by atomic mass is 9.92. The van der Waals surface area contributed by atoms with E-state index in [1.165, 1.54) is 35.7 Å². The van der Waals surface area contributed by atoms with Crippen LogP contribution in [0.3, 0.4) is 0 Å². The van der Waals surface area contributed by atoms with Crippen molar-refractivity contribution in [3.63, 3.8) is 0 Å². The van der Waals surface area contributed by atoms with E-state index >= 15 is 0 Å². The number of hydrogen-bond donors (Lipinski definition) is 5. The number of nitrogens with one attached hydrogen (secondary N) is 2. The summed E-state index contributed by atoms with van der Waals surface area (Å²) in [6.45, 7) is 5.35. The third kappa shape index (κ3) is 8.74. The van der Waals surface area contributed by atoms with Gasteiger partial charge in [-0.1, -0.05) is 48.5 Å². The molecule has 7 atom stereocenters. The van der Waals surface area contributed by atoms with Gasteiger partial charge in [0.15, 0.2) is 18.0 Å². The van der Waals surface area contributed by atoms with Crippen LogP contribution in [0.1, 0.15) is 45.0 Å². The standard InChI is InChI=1S/C34H38N7O11P/c1-20(30(43)44)40-53(47,52-22-13-9-6-10-14-22)48-17-24-27(42)28(34(18-35,50-24)25-16-15-23-29(36)37-19-38-41(23)25)49-31(45)26(21-11-7-5-8-12-21)39-32(46)51-33(2,3)4/h5-16,19-20,24,26-28,42H,17H2,1-4H3,(H,39,46)(H,40,47)(H,43,44)(H2,36,37,38)/t20-,24+,26+,27+,28+,34-,53-/m0/s1. The van der Waals surface area contributed by atoms with Crippen molar-refractivity contribution >= 4 is 37.1 Å². The predicted octanol–water partition coefficient (Wildman–Crippen LogP) is 3.23. The SMILES string of the molecule is C[C@H](N[P@](=O)(OC[C@H]1O[C@@](C#N)(c2ccc3c(N)ncnn23)[C@H](OC(=O)[C@H](NC(=O)OC(C)(C)C)c2ccccc2)[C@@H]1O)Oc1ccccc1)C(=O)O. The minimum absolute atomic E-state index is 0.0367. The smallest absolute Gasteiger partial charge is 0.459 e. The van der Waals surface area contributed by atoms with Crippen molar-refractivity contribution < 1.29 is 52.4 Å². The number of fused-ring (bicyclic) bond motifs is 1. The average molecular weight is 752 g/mol. The number of carbonyl (C=O) groups is 3. The van der Waals surface area contributed by atoms with Crippen molar-refractivity contribution in [1.29, 1.82) is 5.26 Å². The number of aromatic nitrogens is 3. The summed E-state index contributed by atoms with van der Waals surface area (Å²) in [5.41, 5.74) is 3.27. The summed E-state index contributed by atoms with van der Waals surface area (Å²) in [6, 6.07) is 17.8. The molecular weight excluding hydrogens is 713 g/mol. The molecule has 4 aromatic rings. The number of aliphatic hydroxyl groups is 1. The second-order valence-electron chi connectivity index (χ2n) is 12.9. The Balaban J connectivity index is 1.52. The quantitative estimate of drug-likeness (QED) is 0.0970. The number of nitrogen functional groups attached to an aromatic ring is 1. The largest absolute Gasteiger partial charge is 0.480 e. The van der Waals surface area contributed by atoms with E-state index in [2.05, 4.69) is 20.5 Å². The maximum atomic E-state index is 14.1. The summed E-state index contributed by atoms with van der Waals surface area (Å²) >= 11 is 0. The van der Waals surface area contributed by atoms with E-state index in [0.717, 1.165) is 6.33 Å². The maximum Gasteiger partial charge on any atom is 0.459 e. The molecular formula is C34H38N7O11P. The van der Waals surface area contributed by atoms with E-state index in [0.29, 0.717) is 0 Å². The van der Waals surface area contributed by atoms with Gasteiger partial charge in [-0.3, -0.25) is 9.32 Å². The molecule has 19 heteroatoms. The summed E-state index contributed by atoms with van der Waals surface area (Å²) in [5, 5.41) is 41.1. The number of carboxylic acids is 1.